The second kappa shape index (κ2) is 6.09. The van der Waals surface area contributed by atoms with Crippen molar-refractivity contribution < 1.29 is 22.7 Å². The minimum absolute atomic E-state index is 0.0798. The Morgan fingerprint density at radius 2 is 1.90 bits per heavy atom. The Hall–Kier alpha value is -2.15. The van der Waals surface area contributed by atoms with Gasteiger partial charge >= 0.3 is 6.18 Å². The Kier molecular flexibility index (Phi) is 4.42. The van der Waals surface area contributed by atoms with E-state index in [0.29, 0.717) is 5.56 Å². The number of phenols is 1. The van der Waals surface area contributed by atoms with Gasteiger partial charge in [-0.15, -0.1) is 0 Å². The summed E-state index contributed by atoms with van der Waals surface area (Å²) in [6, 6.07) is 5.17. The summed E-state index contributed by atoms with van der Waals surface area (Å²) in [7, 11) is 0. The summed E-state index contributed by atoms with van der Waals surface area (Å²) in [5, 5.41) is 12.0. The number of rotatable bonds is 4. The number of hydrogen-bond acceptors (Lipinski definition) is 3. The number of phenolic OH excluding ortho intramolecular Hbond substituents is 1. The Bertz CT molecular complexity index is 629. The minimum atomic E-state index is -4.44. The Morgan fingerprint density at radius 3 is 2.62 bits per heavy atom. The van der Waals surface area contributed by atoms with Gasteiger partial charge in [-0.2, -0.15) is 13.2 Å². The van der Waals surface area contributed by atoms with Crippen molar-refractivity contribution in [3.05, 3.63) is 59.2 Å². The van der Waals surface area contributed by atoms with Crippen LogP contribution in [-0.4, -0.2) is 10.1 Å². The van der Waals surface area contributed by atoms with Gasteiger partial charge in [0.2, 0.25) is 0 Å². The van der Waals surface area contributed by atoms with Crippen molar-refractivity contribution in [1.82, 2.24) is 10.3 Å². The van der Waals surface area contributed by atoms with Crippen molar-refractivity contribution in [1.29, 1.82) is 0 Å². The van der Waals surface area contributed by atoms with E-state index in [-0.39, 0.29) is 18.7 Å². The fraction of sp³-hybridized carbons (Fsp3) is 0.214. The van der Waals surface area contributed by atoms with E-state index < -0.39 is 23.3 Å². The highest BCUT2D eigenvalue weighted by Gasteiger charge is 2.30. The van der Waals surface area contributed by atoms with Gasteiger partial charge in [-0.25, -0.2) is 4.39 Å². The van der Waals surface area contributed by atoms with Gasteiger partial charge in [0.25, 0.3) is 0 Å². The standard InChI is InChI=1S/C14H12F4N2O/c15-13-10(2-1-3-12(13)21)7-19-5-9-4-11(8-20-6-9)14(16,17)18/h1-4,6,8,19,21H,5,7H2. The van der Waals surface area contributed by atoms with Crippen LogP contribution in [0.1, 0.15) is 16.7 Å². The third-order valence-corrected chi connectivity index (χ3v) is 2.83. The van der Waals surface area contributed by atoms with Crippen LogP contribution >= 0.6 is 0 Å². The van der Waals surface area contributed by atoms with Gasteiger partial charge < -0.3 is 10.4 Å². The summed E-state index contributed by atoms with van der Waals surface area (Å²) in [5.41, 5.74) is -0.259. The maximum atomic E-state index is 13.5. The summed E-state index contributed by atoms with van der Waals surface area (Å²) in [6.07, 6.45) is -2.39. The van der Waals surface area contributed by atoms with Crippen LogP contribution in [0.15, 0.2) is 36.7 Å². The molecule has 0 fully saturated rings. The lowest BCUT2D eigenvalue weighted by Gasteiger charge is -2.09. The third kappa shape index (κ3) is 3.91. The first kappa shape index (κ1) is 15.2. The highest BCUT2D eigenvalue weighted by atomic mass is 19.4. The number of nitrogens with one attached hydrogen (secondary N) is 1. The number of pyridine rings is 1. The molecule has 0 radical (unpaired) electrons. The highest BCUT2D eigenvalue weighted by Crippen LogP contribution is 2.28. The van der Waals surface area contributed by atoms with Gasteiger partial charge in [-0.1, -0.05) is 12.1 Å². The smallest absolute Gasteiger partial charge is 0.417 e. The van der Waals surface area contributed by atoms with Crippen LogP contribution in [0.2, 0.25) is 0 Å². The van der Waals surface area contributed by atoms with Crippen LogP contribution in [-0.2, 0) is 19.3 Å². The predicted octanol–water partition coefficient (Wildman–Crippen LogP) is 3.23. The monoisotopic (exact) mass is 300 g/mol. The molecular formula is C14H12F4N2O. The van der Waals surface area contributed by atoms with Crippen LogP contribution in [0, 0.1) is 5.82 Å². The van der Waals surface area contributed by atoms with Gasteiger partial charge in [-0.3, -0.25) is 4.98 Å². The van der Waals surface area contributed by atoms with Crippen molar-refractivity contribution in [2.24, 2.45) is 0 Å². The van der Waals surface area contributed by atoms with Crippen LogP contribution in [0.5, 0.6) is 5.75 Å². The molecule has 0 bridgehead atoms. The van der Waals surface area contributed by atoms with E-state index in [1.54, 1.807) is 0 Å². The van der Waals surface area contributed by atoms with E-state index in [9.17, 15) is 22.7 Å². The number of hydrogen-bond donors (Lipinski definition) is 2. The number of benzene rings is 1. The van der Waals surface area contributed by atoms with Crippen LogP contribution in [0.4, 0.5) is 17.6 Å². The molecule has 0 saturated carbocycles. The van der Waals surface area contributed by atoms with Gasteiger partial charge in [0.15, 0.2) is 11.6 Å². The van der Waals surface area contributed by atoms with Crippen molar-refractivity contribution in [3.8, 4) is 5.75 Å². The van der Waals surface area contributed by atoms with Gasteiger partial charge in [-0.05, 0) is 17.7 Å². The fourth-order valence-electron chi connectivity index (χ4n) is 1.78. The van der Waals surface area contributed by atoms with Gasteiger partial charge in [0.05, 0.1) is 5.56 Å². The van der Waals surface area contributed by atoms with Gasteiger partial charge in [0.1, 0.15) is 0 Å². The normalized spacial score (nSPS) is 11.6. The first-order chi connectivity index (χ1) is 9.88. The molecule has 0 saturated heterocycles. The van der Waals surface area contributed by atoms with E-state index in [2.05, 4.69) is 10.3 Å². The lowest BCUT2D eigenvalue weighted by atomic mass is 10.1. The SMILES string of the molecule is Oc1cccc(CNCc2cncc(C(F)(F)F)c2)c1F. The van der Waals surface area contributed by atoms with E-state index in [1.165, 1.54) is 24.4 Å². The molecule has 1 heterocycles. The number of halogens is 4. The second-order valence-electron chi connectivity index (χ2n) is 4.43. The zero-order chi connectivity index (χ0) is 15.5. The van der Waals surface area contributed by atoms with Crippen molar-refractivity contribution in [2.75, 3.05) is 0 Å². The van der Waals surface area contributed by atoms with E-state index >= 15 is 0 Å². The quantitative estimate of drug-likeness (QED) is 0.852. The zero-order valence-electron chi connectivity index (χ0n) is 10.8. The topological polar surface area (TPSA) is 45.1 Å². The van der Waals surface area contributed by atoms with Crippen LogP contribution < -0.4 is 5.32 Å². The molecule has 0 atom stereocenters. The lowest BCUT2D eigenvalue weighted by Crippen LogP contribution is -2.15. The van der Waals surface area contributed by atoms with Crippen LogP contribution in [0.3, 0.4) is 0 Å². The first-order valence-electron chi connectivity index (χ1n) is 6.06. The van der Waals surface area contributed by atoms with Crippen molar-refractivity contribution >= 4 is 0 Å². The number of alkyl halides is 3. The molecule has 0 spiro atoms. The van der Waals surface area contributed by atoms with Crippen LogP contribution in [0.25, 0.3) is 0 Å². The molecule has 0 aliphatic heterocycles. The summed E-state index contributed by atoms with van der Waals surface area (Å²) >= 11 is 0. The maximum Gasteiger partial charge on any atom is 0.417 e. The number of aromatic nitrogens is 1. The Labute approximate surface area is 118 Å². The minimum Gasteiger partial charge on any atom is -0.505 e. The summed E-state index contributed by atoms with van der Waals surface area (Å²) in [4.78, 5) is 3.53. The molecule has 0 amide bonds. The van der Waals surface area contributed by atoms with Crippen molar-refractivity contribution in [2.45, 2.75) is 19.3 Å². The zero-order valence-corrected chi connectivity index (χ0v) is 10.8. The summed E-state index contributed by atoms with van der Waals surface area (Å²) in [5.74, 6) is -1.21. The van der Waals surface area contributed by atoms with E-state index in [4.69, 9.17) is 0 Å². The molecule has 0 unspecified atom stereocenters. The fourth-order valence-corrected chi connectivity index (χ4v) is 1.78. The third-order valence-electron chi connectivity index (χ3n) is 2.83. The second-order valence-corrected chi connectivity index (χ2v) is 4.43. The summed E-state index contributed by atoms with van der Waals surface area (Å²) in [6.45, 7) is 0.183. The molecular weight excluding hydrogens is 288 g/mol. The molecule has 2 rings (SSSR count). The maximum absolute atomic E-state index is 13.5. The molecule has 2 N–H and O–H groups in total. The highest BCUT2D eigenvalue weighted by molar-refractivity contribution is 5.29. The van der Waals surface area contributed by atoms with Crippen molar-refractivity contribution in [3.63, 3.8) is 0 Å². The van der Waals surface area contributed by atoms with Gasteiger partial charge in [0, 0.05) is 31.0 Å². The molecule has 3 nitrogen and oxygen atoms in total. The molecule has 7 heteroatoms. The molecule has 1 aromatic heterocycles. The average molecular weight is 300 g/mol. The lowest BCUT2D eigenvalue weighted by molar-refractivity contribution is -0.137. The predicted molar refractivity (Wildman–Crippen MR) is 67.8 cm³/mol. The Balaban J connectivity index is 1.99. The molecule has 21 heavy (non-hydrogen) atoms. The summed E-state index contributed by atoms with van der Waals surface area (Å²) < 4.78 is 51.0. The molecule has 2 aromatic rings. The number of nitrogens with zero attached hydrogens (tertiary/aromatic N) is 1. The molecule has 0 aliphatic carbocycles. The Morgan fingerprint density at radius 1 is 1.14 bits per heavy atom. The van der Waals surface area contributed by atoms with E-state index in [1.807, 2.05) is 0 Å². The van der Waals surface area contributed by atoms with E-state index in [0.717, 1.165) is 12.3 Å². The number of aromatic hydroxyl groups is 1. The molecule has 112 valence electrons. The largest absolute Gasteiger partial charge is 0.505 e. The molecule has 0 aliphatic rings. The molecule has 1 aromatic carbocycles. The average Bonchev–Trinajstić information content (AvgIpc) is 2.43. The first-order valence-corrected chi connectivity index (χ1v) is 6.06.